The fraction of sp³-hybridized carbons (Fsp3) is 0.750. The Kier molecular flexibility index (Phi) is 6.38. The maximum Gasteiger partial charge on any atom is 0.195 e. The number of rotatable bonds is 3. The first-order valence-corrected chi connectivity index (χ1v) is 5.22. The summed E-state index contributed by atoms with van der Waals surface area (Å²) in [5.74, 6) is 0. The summed E-state index contributed by atoms with van der Waals surface area (Å²) in [6.07, 6.45) is 2.65. The van der Waals surface area contributed by atoms with Crippen LogP contribution in [0.5, 0.6) is 0 Å². The quantitative estimate of drug-likeness (QED) is 0.658. The number of carbonyl (C=O) groups is 1. The van der Waals surface area contributed by atoms with Crippen LogP contribution in [0.4, 0.5) is 0 Å². The molecule has 0 atom stereocenters. The lowest BCUT2D eigenvalue weighted by Crippen LogP contribution is -2.17. The number of hydrogen-bond donors (Lipinski definition) is 0. The lowest BCUT2D eigenvalue weighted by Gasteiger charge is -2.11. The monoisotopic (exact) mass is 205 g/mol. The van der Waals surface area contributed by atoms with Crippen LogP contribution in [0.2, 0.25) is 0 Å². The van der Waals surface area contributed by atoms with E-state index in [0.717, 1.165) is 12.8 Å². The SMILES string of the molecule is CCCCC(=O)SC(=S)N(C)C. The molecule has 0 aliphatic heterocycles. The Bertz CT molecular complexity index is 168. The smallest absolute Gasteiger partial charge is 0.195 e. The van der Waals surface area contributed by atoms with Gasteiger partial charge in [0.1, 0.15) is 4.32 Å². The molecule has 4 heteroatoms. The van der Waals surface area contributed by atoms with Gasteiger partial charge in [0.05, 0.1) is 0 Å². The van der Waals surface area contributed by atoms with E-state index in [2.05, 4.69) is 6.92 Å². The van der Waals surface area contributed by atoms with Gasteiger partial charge in [0.25, 0.3) is 0 Å². The first-order valence-electron chi connectivity index (χ1n) is 4.00. The molecule has 0 spiro atoms. The van der Waals surface area contributed by atoms with Gasteiger partial charge in [0.2, 0.25) is 0 Å². The summed E-state index contributed by atoms with van der Waals surface area (Å²) < 4.78 is 0.649. The van der Waals surface area contributed by atoms with Crippen molar-refractivity contribution < 1.29 is 4.79 Å². The molecule has 0 radical (unpaired) electrons. The van der Waals surface area contributed by atoms with Gasteiger partial charge >= 0.3 is 0 Å². The average molecular weight is 205 g/mol. The highest BCUT2D eigenvalue weighted by Gasteiger charge is 2.07. The summed E-state index contributed by atoms with van der Waals surface area (Å²) >= 11 is 6.14. The second-order valence-corrected chi connectivity index (χ2v) is 4.43. The molecule has 2 nitrogen and oxygen atoms in total. The summed E-state index contributed by atoms with van der Waals surface area (Å²) in [5, 5.41) is 0.176. The molecule has 12 heavy (non-hydrogen) atoms. The number of unbranched alkanes of at least 4 members (excludes halogenated alkanes) is 1. The minimum absolute atomic E-state index is 0.176. The van der Waals surface area contributed by atoms with Crippen LogP contribution >= 0.6 is 24.0 Å². The van der Waals surface area contributed by atoms with Crippen molar-refractivity contribution in [3.63, 3.8) is 0 Å². The van der Waals surface area contributed by atoms with E-state index in [1.54, 1.807) is 4.90 Å². The van der Waals surface area contributed by atoms with Crippen LogP contribution in [-0.4, -0.2) is 28.4 Å². The third kappa shape index (κ3) is 5.55. The van der Waals surface area contributed by atoms with Crippen molar-refractivity contribution in [2.24, 2.45) is 0 Å². The Morgan fingerprint density at radius 1 is 1.50 bits per heavy atom. The molecule has 0 aromatic carbocycles. The number of nitrogens with zero attached hydrogens (tertiary/aromatic N) is 1. The molecule has 0 aliphatic rings. The van der Waals surface area contributed by atoms with Crippen LogP contribution in [0.1, 0.15) is 26.2 Å². The predicted molar refractivity (Wildman–Crippen MR) is 58.4 cm³/mol. The Hall–Kier alpha value is -0.0900. The number of thioether (sulfide) groups is 1. The molecule has 0 rings (SSSR count). The molecule has 0 unspecified atom stereocenters. The predicted octanol–water partition coefficient (Wildman–Crippen LogP) is 2.28. The first kappa shape index (κ1) is 11.9. The highest BCUT2D eigenvalue weighted by atomic mass is 32.2. The molecule has 0 bridgehead atoms. The van der Waals surface area contributed by atoms with Gasteiger partial charge in [-0.15, -0.1) is 0 Å². The second kappa shape index (κ2) is 6.43. The summed E-state index contributed by atoms with van der Waals surface area (Å²) in [6.45, 7) is 2.07. The molecule has 0 saturated heterocycles. The van der Waals surface area contributed by atoms with Crippen molar-refractivity contribution in [1.29, 1.82) is 0 Å². The van der Waals surface area contributed by atoms with Crippen LogP contribution < -0.4 is 0 Å². The highest BCUT2D eigenvalue weighted by molar-refractivity contribution is 8.32. The molecule has 70 valence electrons. The second-order valence-electron chi connectivity index (χ2n) is 2.74. The van der Waals surface area contributed by atoms with Gasteiger partial charge in [-0.05, 0) is 18.2 Å². The zero-order valence-electron chi connectivity index (χ0n) is 7.79. The third-order valence-corrected chi connectivity index (χ3v) is 2.89. The highest BCUT2D eigenvalue weighted by Crippen LogP contribution is 2.12. The standard InChI is InChI=1S/C8H15NOS2/c1-4-5-6-7(10)12-8(11)9(2)3/h4-6H2,1-3H3. The van der Waals surface area contributed by atoms with E-state index in [-0.39, 0.29) is 5.12 Å². The van der Waals surface area contributed by atoms with Gasteiger partial charge in [0.15, 0.2) is 5.12 Å². The van der Waals surface area contributed by atoms with Gasteiger partial charge < -0.3 is 4.90 Å². The zero-order chi connectivity index (χ0) is 9.56. The molecule has 0 fully saturated rings. The summed E-state index contributed by atoms with van der Waals surface area (Å²) in [7, 11) is 3.70. The molecule has 0 saturated carbocycles. The van der Waals surface area contributed by atoms with Gasteiger partial charge in [-0.3, -0.25) is 4.79 Å². The minimum Gasteiger partial charge on any atom is -0.363 e. The van der Waals surface area contributed by atoms with Crippen molar-refractivity contribution in [3.05, 3.63) is 0 Å². The molecule has 0 N–H and O–H groups in total. The Morgan fingerprint density at radius 2 is 2.08 bits per heavy atom. The van der Waals surface area contributed by atoms with E-state index in [1.807, 2.05) is 14.1 Å². The summed E-state index contributed by atoms with van der Waals surface area (Å²) in [5.41, 5.74) is 0. The van der Waals surface area contributed by atoms with Crippen LogP contribution in [0.3, 0.4) is 0 Å². The Labute approximate surface area is 83.7 Å². The molecule has 0 aromatic heterocycles. The Morgan fingerprint density at radius 3 is 2.50 bits per heavy atom. The van der Waals surface area contributed by atoms with E-state index < -0.39 is 0 Å². The lowest BCUT2D eigenvalue weighted by atomic mass is 10.3. The van der Waals surface area contributed by atoms with Gasteiger partial charge in [-0.1, -0.05) is 25.6 Å². The molecule has 0 aliphatic carbocycles. The van der Waals surface area contributed by atoms with Crippen molar-refractivity contribution in [2.75, 3.05) is 14.1 Å². The molecular weight excluding hydrogens is 190 g/mol. The largest absolute Gasteiger partial charge is 0.363 e. The molecule has 0 heterocycles. The average Bonchev–Trinajstić information content (AvgIpc) is 2.00. The minimum atomic E-state index is 0.176. The maximum atomic E-state index is 11.2. The van der Waals surface area contributed by atoms with E-state index >= 15 is 0 Å². The van der Waals surface area contributed by atoms with E-state index in [0.29, 0.717) is 10.7 Å². The normalized spacial score (nSPS) is 9.58. The van der Waals surface area contributed by atoms with Crippen molar-refractivity contribution >= 4 is 33.4 Å². The summed E-state index contributed by atoms with van der Waals surface area (Å²) in [6, 6.07) is 0. The van der Waals surface area contributed by atoms with Gasteiger partial charge in [-0.2, -0.15) is 0 Å². The number of carbonyl (C=O) groups excluding carboxylic acids is 1. The van der Waals surface area contributed by atoms with E-state index in [1.165, 1.54) is 11.8 Å². The zero-order valence-corrected chi connectivity index (χ0v) is 9.43. The van der Waals surface area contributed by atoms with Crippen molar-refractivity contribution in [1.82, 2.24) is 4.90 Å². The van der Waals surface area contributed by atoms with Crippen LogP contribution in [0.25, 0.3) is 0 Å². The topological polar surface area (TPSA) is 20.3 Å². The molecule has 0 amide bonds. The molecule has 0 aromatic rings. The van der Waals surface area contributed by atoms with Gasteiger partial charge in [-0.25, -0.2) is 0 Å². The van der Waals surface area contributed by atoms with Crippen molar-refractivity contribution in [2.45, 2.75) is 26.2 Å². The van der Waals surface area contributed by atoms with Crippen LogP contribution in [0.15, 0.2) is 0 Å². The van der Waals surface area contributed by atoms with Crippen LogP contribution in [0, 0.1) is 0 Å². The van der Waals surface area contributed by atoms with Gasteiger partial charge in [0, 0.05) is 20.5 Å². The van der Waals surface area contributed by atoms with E-state index in [4.69, 9.17) is 12.2 Å². The number of hydrogen-bond acceptors (Lipinski definition) is 3. The Balaban J connectivity index is 3.62. The summed E-state index contributed by atoms with van der Waals surface area (Å²) in [4.78, 5) is 12.9. The maximum absolute atomic E-state index is 11.2. The fourth-order valence-electron chi connectivity index (χ4n) is 0.561. The van der Waals surface area contributed by atoms with Crippen molar-refractivity contribution in [3.8, 4) is 0 Å². The third-order valence-electron chi connectivity index (χ3n) is 1.30. The molecular formula is C8H15NOS2. The number of thiocarbonyl (C=S) groups is 1. The lowest BCUT2D eigenvalue weighted by molar-refractivity contribution is -0.111. The first-order chi connectivity index (χ1) is 5.57. The fourth-order valence-corrected chi connectivity index (χ4v) is 1.46. The van der Waals surface area contributed by atoms with E-state index in [9.17, 15) is 4.79 Å². The van der Waals surface area contributed by atoms with Crippen LogP contribution in [-0.2, 0) is 4.79 Å².